The number of hydrogen-bond acceptors (Lipinski definition) is 2. The molecule has 4 aromatic rings. The minimum Gasteiger partial charge on any atom is -0.361 e. The van der Waals surface area contributed by atoms with Gasteiger partial charge in [0.1, 0.15) is 5.70 Å². The van der Waals surface area contributed by atoms with Crippen LogP contribution in [-0.2, 0) is 4.79 Å². The van der Waals surface area contributed by atoms with E-state index in [9.17, 15) is 9.59 Å². The maximum Gasteiger partial charge on any atom is 0.272 e. The third-order valence-corrected chi connectivity index (χ3v) is 5.08. The molecule has 0 saturated heterocycles. The van der Waals surface area contributed by atoms with Crippen molar-refractivity contribution in [3.63, 3.8) is 0 Å². The molecule has 3 aromatic carbocycles. The van der Waals surface area contributed by atoms with Crippen LogP contribution < -0.4 is 10.6 Å². The Kier molecular flexibility index (Phi) is 5.67. The van der Waals surface area contributed by atoms with Gasteiger partial charge in [-0.25, -0.2) is 0 Å². The second-order valence-electron chi connectivity index (χ2n) is 7.44. The first kappa shape index (κ1) is 20.2. The highest BCUT2D eigenvalue weighted by Crippen LogP contribution is 2.21. The van der Waals surface area contributed by atoms with Gasteiger partial charge in [-0.1, -0.05) is 54.1 Å². The Hall–Kier alpha value is -4.12. The van der Waals surface area contributed by atoms with E-state index < -0.39 is 0 Å². The van der Waals surface area contributed by atoms with E-state index in [0.29, 0.717) is 11.3 Å². The number of carbonyl (C=O) groups excluding carboxylic acids is 2. The van der Waals surface area contributed by atoms with Crippen LogP contribution in [0.1, 0.15) is 27.0 Å². The Morgan fingerprint density at radius 1 is 0.903 bits per heavy atom. The molecule has 0 radical (unpaired) electrons. The summed E-state index contributed by atoms with van der Waals surface area (Å²) in [5.74, 6) is -0.732. The summed E-state index contributed by atoms with van der Waals surface area (Å²) in [5.41, 5.74) is 5.18. The van der Waals surface area contributed by atoms with Crippen molar-refractivity contribution in [1.29, 1.82) is 0 Å². The van der Waals surface area contributed by atoms with E-state index in [4.69, 9.17) is 0 Å². The molecule has 1 heterocycles. The zero-order valence-electron chi connectivity index (χ0n) is 17.4. The molecule has 3 N–H and O–H groups in total. The van der Waals surface area contributed by atoms with E-state index >= 15 is 0 Å². The number of aryl methyl sites for hydroxylation is 2. The van der Waals surface area contributed by atoms with Crippen LogP contribution in [-0.4, -0.2) is 16.8 Å². The number of H-pyrrole nitrogens is 1. The van der Waals surface area contributed by atoms with E-state index in [2.05, 4.69) is 15.6 Å². The normalized spacial score (nSPS) is 11.4. The van der Waals surface area contributed by atoms with Crippen molar-refractivity contribution in [3.8, 4) is 0 Å². The molecule has 4 rings (SSSR count). The molecule has 1 aromatic heterocycles. The second-order valence-corrected chi connectivity index (χ2v) is 7.44. The molecule has 0 atom stereocenters. The van der Waals surface area contributed by atoms with Crippen molar-refractivity contribution in [1.82, 2.24) is 10.3 Å². The smallest absolute Gasteiger partial charge is 0.272 e. The molecule has 5 heteroatoms. The summed E-state index contributed by atoms with van der Waals surface area (Å²) in [6.07, 6.45) is 3.52. The van der Waals surface area contributed by atoms with Crippen molar-refractivity contribution in [2.45, 2.75) is 13.8 Å². The van der Waals surface area contributed by atoms with Gasteiger partial charge < -0.3 is 15.6 Å². The maximum atomic E-state index is 13.2. The molecule has 5 nitrogen and oxygen atoms in total. The van der Waals surface area contributed by atoms with Crippen molar-refractivity contribution in [2.24, 2.45) is 0 Å². The summed E-state index contributed by atoms with van der Waals surface area (Å²) in [5, 5.41) is 6.67. The molecule has 154 valence electrons. The predicted octanol–water partition coefficient (Wildman–Crippen LogP) is 5.19. The van der Waals surface area contributed by atoms with Crippen molar-refractivity contribution in [3.05, 3.63) is 107 Å². The summed E-state index contributed by atoms with van der Waals surface area (Å²) in [7, 11) is 0. The molecule has 0 bridgehead atoms. The number of nitrogens with one attached hydrogen (secondary N) is 3. The highest BCUT2D eigenvalue weighted by atomic mass is 16.2. The number of aromatic amines is 1. The standard InChI is InChI=1S/C26H23N3O2/c1-17-12-13-22(18(2)14-17)28-26(31)24(29-25(30)19-8-4-3-5-9-19)15-20-16-27-23-11-7-6-10-21(20)23/h3-16,27H,1-2H3,(H,28,31)(H,29,30)/b24-15-. The molecule has 0 aliphatic carbocycles. The monoisotopic (exact) mass is 409 g/mol. The van der Waals surface area contributed by atoms with Gasteiger partial charge in [-0.2, -0.15) is 0 Å². The SMILES string of the molecule is Cc1ccc(NC(=O)/C(=C/c2c[nH]c3ccccc23)NC(=O)c2ccccc2)c(C)c1. The third kappa shape index (κ3) is 4.56. The molecular weight excluding hydrogens is 386 g/mol. The van der Waals surface area contributed by atoms with Gasteiger partial charge in [-0.05, 0) is 49.8 Å². The van der Waals surface area contributed by atoms with E-state index in [-0.39, 0.29) is 17.5 Å². The van der Waals surface area contributed by atoms with Crippen LogP contribution in [0.15, 0.2) is 84.7 Å². The Morgan fingerprint density at radius 2 is 1.65 bits per heavy atom. The first-order chi connectivity index (χ1) is 15.0. The van der Waals surface area contributed by atoms with Gasteiger partial charge in [-0.15, -0.1) is 0 Å². The minimum absolute atomic E-state index is 0.165. The van der Waals surface area contributed by atoms with Crippen molar-refractivity contribution in [2.75, 3.05) is 5.32 Å². The molecule has 2 amide bonds. The van der Waals surface area contributed by atoms with E-state index in [1.807, 2.05) is 68.6 Å². The Balaban J connectivity index is 1.69. The molecule has 31 heavy (non-hydrogen) atoms. The number of hydrogen-bond donors (Lipinski definition) is 3. The number of amides is 2. The van der Waals surface area contributed by atoms with Crippen LogP contribution in [0.25, 0.3) is 17.0 Å². The lowest BCUT2D eigenvalue weighted by Gasteiger charge is -2.13. The molecule has 0 spiro atoms. The summed E-state index contributed by atoms with van der Waals surface area (Å²) in [6.45, 7) is 3.94. The van der Waals surface area contributed by atoms with Crippen molar-refractivity contribution >= 4 is 34.5 Å². The van der Waals surface area contributed by atoms with Crippen LogP contribution in [0, 0.1) is 13.8 Å². The first-order valence-electron chi connectivity index (χ1n) is 10.0. The molecule has 0 saturated carbocycles. The first-order valence-corrected chi connectivity index (χ1v) is 10.0. The summed E-state index contributed by atoms with van der Waals surface area (Å²) in [6, 6.07) is 22.4. The third-order valence-electron chi connectivity index (χ3n) is 5.08. The zero-order chi connectivity index (χ0) is 21.8. The highest BCUT2D eigenvalue weighted by molar-refractivity contribution is 6.11. The van der Waals surface area contributed by atoms with E-state index in [1.165, 1.54) is 0 Å². The van der Waals surface area contributed by atoms with E-state index in [0.717, 1.165) is 27.6 Å². The maximum absolute atomic E-state index is 13.2. The van der Waals surface area contributed by atoms with Gasteiger partial charge in [-0.3, -0.25) is 9.59 Å². The number of benzene rings is 3. The van der Waals surface area contributed by atoms with Crippen molar-refractivity contribution < 1.29 is 9.59 Å². The number of carbonyl (C=O) groups is 2. The number of fused-ring (bicyclic) bond motifs is 1. The summed E-state index contributed by atoms with van der Waals surface area (Å²) < 4.78 is 0. The van der Waals surface area contributed by atoms with Gasteiger partial charge in [0.05, 0.1) is 0 Å². The van der Waals surface area contributed by atoms with Gasteiger partial charge in [0.25, 0.3) is 11.8 Å². The fraction of sp³-hybridized carbons (Fsp3) is 0.0769. The van der Waals surface area contributed by atoms with Gasteiger partial charge in [0, 0.05) is 33.9 Å². The Morgan fingerprint density at radius 3 is 2.42 bits per heavy atom. The molecular formula is C26H23N3O2. The van der Waals surface area contributed by atoms with Gasteiger partial charge >= 0.3 is 0 Å². The van der Waals surface area contributed by atoms with Crippen LogP contribution in [0.3, 0.4) is 0 Å². The number of rotatable bonds is 5. The molecule has 0 aliphatic heterocycles. The lowest BCUT2D eigenvalue weighted by atomic mass is 10.1. The minimum atomic E-state index is -0.387. The van der Waals surface area contributed by atoms with Crippen LogP contribution in [0.4, 0.5) is 5.69 Å². The average Bonchev–Trinajstić information content (AvgIpc) is 3.18. The predicted molar refractivity (Wildman–Crippen MR) is 125 cm³/mol. The fourth-order valence-corrected chi connectivity index (χ4v) is 3.45. The largest absolute Gasteiger partial charge is 0.361 e. The van der Waals surface area contributed by atoms with Crippen LogP contribution in [0.5, 0.6) is 0 Å². The molecule has 0 fully saturated rings. The fourth-order valence-electron chi connectivity index (χ4n) is 3.45. The van der Waals surface area contributed by atoms with E-state index in [1.54, 1.807) is 30.3 Å². The number of para-hydroxylation sites is 1. The quantitative estimate of drug-likeness (QED) is 0.397. The lowest BCUT2D eigenvalue weighted by molar-refractivity contribution is -0.113. The number of anilines is 1. The zero-order valence-corrected chi connectivity index (χ0v) is 17.4. The van der Waals surface area contributed by atoms with Crippen LogP contribution in [0.2, 0.25) is 0 Å². The summed E-state index contributed by atoms with van der Waals surface area (Å²) >= 11 is 0. The summed E-state index contributed by atoms with van der Waals surface area (Å²) in [4.78, 5) is 29.1. The molecule has 0 unspecified atom stereocenters. The Bertz CT molecular complexity index is 1290. The van der Waals surface area contributed by atoms with Crippen LogP contribution >= 0.6 is 0 Å². The average molecular weight is 409 g/mol. The molecule has 0 aliphatic rings. The Labute approximate surface area is 180 Å². The second kappa shape index (κ2) is 8.71. The topological polar surface area (TPSA) is 74.0 Å². The van der Waals surface area contributed by atoms with Gasteiger partial charge in [0.15, 0.2) is 0 Å². The number of aromatic nitrogens is 1. The lowest BCUT2D eigenvalue weighted by Crippen LogP contribution is -2.30. The van der Waals surface area contributed by atoms with Gasteiger partial charge in [0.2, 0.25) is 0 Å². The highest BCUT2D eigenvalue weighted by Gasteiger charge is 2.16.